The molecule has 112 valence electrons. The van der Waals surface area contributed by atoms with Gasteiger partial charge in [-0.15, -0.1) is 0 Å². The molecule has 0 radical (unpaired) electrons. The minimum absolute atomic E-state index is 0.235. The SMILES string of the molecule is CCN(CC)CC(O)CNC(C)C1CC2CCC1C2. The molecule has 2 N–H and O–H groups in total. The molecule has 2 aliphatic carbocycles. The summed E-state index contributed by atoms with van der Waals surface area (Å²) >= 11 is 0. The fourth-order valence-electron chi connectivity index (χ4n) is 4.22. The van der Waals surface area contributed by atoms with Crippen molar-refractivity contribution in [3.05, 3.63) is 0 Å². The van der Waals surface area contributed by atoms with Crippen LogP contribution in [0.5, 0.6) is 0 Å². The molecule has 2 bridgehead atoms. The van der Waals surface area contributed by atoms with Crippen LogP contribution in [0.25, 0.3) is 0 Å². The lowest BCUT2D eigenvalue weighted by atomic mass is 9.84. The van der Waals surface area contributed by atoms with Gasteiger partial charge in [-0.3, -0.25) is 0 Å². The molecule has 3 heteroatoms. The lowest BCUT2D eigenvalue weighted by Gasteiger charge is -2.30. The lowest BCUT2D eigenvalue weighted by molar-refractivity contribution is 0.109. The second-order valence-corrected chi connectivity index (χ2v) is 6.68. The van der Waals surface area contributed by atoms with Crippen molar-refractivity contribution in [2.24, 2.45) is 17.8 Å². The zero-order valence-electron chi connectivity index (χ0n) is 12.9. The Bertz CT molecular complexity index is 267. The van der Waals surface area contributed by atoms with E-state index in [1.165, 1.54) is 25.7 Å². The minimum atomic E-state index is -0.235. The summed E-state index contributed by atoms with van der Waals surface area (Å²) in [6.45, 7) is 10.2. The first-order valence-corrected chi connectivity index (χ1v) is 8.27. The second-order valence-electron chi connectivity index (χ2n) is 6.68. The molecule has 0 aromatic rings. The van der Waals surface area contributed by atoms with Gasteiger partial charge < -0.3 is 15.3 Å². The number of aliphatic hydroxyl groups excluding tert-OH is 1. The van der Waals surface area contributed by atoms with Gasteiger partial charge >= 0.3 is 0 Å². The summed E-state index contributed by atoms with van der Waals surface area (Å²) in [4.78, 5) is 2.29. The summed E-state index contributed by atoms with van der Waals surface area (Å²) in [5, 5.41) is 13.7. The fourth-order valence-corrected chi connectivity index (χ4v) is 4.22. The van der Waals surface area contributed by atoms with Crippen LogP contribution in [-0.2, 0) is 0 Å². The molecule has 0 aliphatic heterocycles. The predicted molar refractivity (Wildman–Crippen MR) is 80.2 cm³/mol. The largest absolute Gasteiger partial charge is 0.390 e. The molecule has 0 heterocycles. The zero-order chi connectivity index (χ0) is 13.8. The molecule has 0 aromatic carbocycles. The Morgan fingerprint density at radius 1 is 1.21 bits per heavy atom. The van der Waals surface area contributed by atoms with Gasteiger partial charge in [0, 0.05) is 19.1 Å². The van der Waals surface area contributed by atoms with Crippen LogP contribution in [0, 0.1) is 17.8 Å². The molecule has 0 amide bonds. The van der Waals surface area contributed by atoms with E-state index in [9.17, 15) is 5.11 Å². The van der Waals surface area contributed by atoms with Gasteiger partial charge in [-0.05, 0) is 57.0 Å². The van der Waals surface area contributed by atoms with E-state index in [2.05, 4.69) is 31.0 Å². The molecule has 2 fully saturated rings. The van der Waals surface area contributed by atoms with Crippen LogP contribution in [-0.4, -0.2) is 48.3 Å². The minimum Gasteiger partial charge on any atom is -0.390 e. The Balaban J connectivity index is 1.67. The van der Waals surface area contributed by atoms with Crippen molar-refractivity contribution in [3.63, 3.8) is 0 Å². The van der Waals surface area contributed by atoms with Crippen LogP contribution in [0.2, 0.25) is 0 Å². The number of hydrogen-bond acceptors (Lipinski definition) is 3. The van der Waals surface area contributed by atoms with Crippen molar-refractivity contribution in [2.45, 2.75) is 58.6 Å². The highest BCUT2D eigenvalue weighted by Gasteiger charge is 2.41. The number of fused-ring (bicyclic) bond motifs is 2. The quantitative estimate of drug-likeness (QED) is 0.708. The van der Waals surface area contributed by atoms with Crippen molar-refractivity contribution >= 4 is 0 Å². The Hall–Kier alpha value is -0.120. The van der Waals surface area contributed by atoms with Crippen LogP contribution in [0.4, 0.5) is 0 Å². The number of rotatable bonds is 8. The zero-order valence-corrected chi connectivity index (χ0v) is 12.9. The van der Waals surface area contributed by atoms with Crippen LogP contribution < -0.4 is 5.32 Å². The Kier molecular flexibility index (Phi) is 5.67. The predicted octanol–water partition coefficient (Wildman–Crippen LogP) is 2.10. The summed E-state index contributed by atoms with van der Waals surface area (Å²) in [6, 6.07) is 0.571. The van der Waals surface area contributed by atoms with Gasteiger partial charge in [-0.25, -0.2) is 0 Å². The second kappa shape index (κ2) is 7.05. The monoisotopic (exact) mass is 268 g/mol. The number of nitrogens with one attached hydrogen (secondary N) is 1. The van der Waals surface area contributed by atoms with Gasteiger partial charge in [-0.2, -0.15) is 0 Å². The van der Waals surface area contributed by atoms with E-state index in [4.69, 9.17) is 0 Å². The van der Waals surface area contributed by atoms with Gasteiger partial charge in [0.05, 0.1) is 6.10 Å². The van der Waals surface area contributed by atoms with Crippen LogP contribution in [0.3, 0.4) is 0 Å². The van der Waals surface area contributed by atoms with Crippen molar-refractivity contribution < 1.29 is 5.11 Å². The van der Waals surface area contributed by atoms with Gasteiger partial charge in [0.25, 0.3) is 0 Å². The average molecular weight is 268 g/mol. The maximum atomic E-state index is 10.1. The van der Waals surface area contributed by atoms with Crippen LogP contribution in [0.15, 0.2) is 0 Å². The molecule has 0 aromatic heterocycles. The maximum absolute atomic E-state index is 10.1. The molecule has 2 saturated carbocycles. The van der Waals surface area contributed by atoms with E-state index < -0.39 is 0 Å². The third-order valence-corrected chi connectivity index (χ3v) is 5.47. The molecule has 0 spiro atoms. The highest BCUT2D eigenvalue weighted by Crippen LogP contribution is 2.49. The molecular formula is C16H32N2O. The number of nitrogens with zero attached hydrogens (tertiary/aromatic N) is 1. The van der Waals surface area contributed by atoms with E-state index in [-0.39, 0.29) is 6.10 Å². The highest BCUT2D eigenvalue weighted by atomic mass is 16.3. The number of aliphatic hydroxyl groups is 1. The molecular weight excluding hydrogens is 236 g/mol. The fraction of sp³-hybridized carbons (Fsp3) is 1.00. The van der Waals surface area contributed by atoms with Crippen molar-refractivity contribution in [1.82, 2.24) is 10.2 Å². The van der Waals surface area contributed by atoms with Crippen molar-refractivity contribution in [2.75, 3.05) is 26.2 Å². The van der Waals surface area contributed by atoms with Gasteiger partial charge in [0.1, 0.15) is 0 Å². The first-order valence-electron chi connectivity index (χ1n) is 8.27. The Morgan fingerprint density at radius 3 is 2.47 bits per heavy atom. The molecule has 19 heavy (non-hydrogen) atoms. The first kappa shape index (κ1) is 15.3. The molecule has 5 atom stereocenters. The molecule has 2 rings (SSSR count). The van der Waals surface area contributed by atoms with E-state index in [0.29, 0.717) is 6.04 Å². The average Bonchev–Trinajstić information content (AvgIpc) is 3.04. The summed E-state index contributed by atoms with van der Waals surface area (Å²) < 4.78 is 0. The van der Waals surface area contributed by atoms with E-state index in [1.54, 1.807) is 0 Å². The number of likely N-dealkylation sites (N-methyl/N-ethyl adjacent to an activating group) is 1. The first-order chi connectivity index (χ1) is 9.13. The summed E-state index contributed by atoms with van der Waals surface area (Å²) in [5.41, 5.74) is 0. The van der Waals surface area contributed by atoms with Gasteiger partial charge in [-0.1, -0.05) is 20.3 Å². The smallest absolute Gasteiger partial charge is 0.0791 e. The lowest BCUT2D eigenvalue weighted by Crippen LogP contribution is -2.44. The van der Waals surface area contributed by atoms with E-state index in [0.717, 1.165) is 43.9 Å². The topological polar surface area (TPSA) is 35.5 Å². The Morgan fingerprint density at radius 2 is 1.95 bits per heavy atom. The summed E-state index contributed by atoms with van der Waals surface area (Å²) in [7, 11) is 0. The van der Waals surface area contributed by atoms with Crippen LogP contribution >= 0.6 is 0 Å². The third kappa shape index (κ3) is 3.93. The summed E-state index contributed by atoms with van der Waals surface area (Å²) in [5.74, 6) is 2.84. The van der Waals surface area contributed by atoms with Crippen molar-refractivity contribution in [3.8, 4) is 0 Å². The van der Waals surface area contributed by atoms with Gasteiger partial charge in [0.15, 0.2) is 0 Å². The van der Waals surface area contributed by atoms with Gasteiger partial charge in [0.2, 0.25) is 0 Å². The highest BCUT2D eigenvalue weighted by molar-refractivity contribution is 4.94. The summed E-state index contributed by atoms with van der Waals surface area (Å²) in [6.07, 6.45) is 5.58. The standard InChI is InChI=1S/C16H32N2O/c1-4-18(5-2)11-15(19)10-17-12(3)16-9-13-6-7-14(16)8-13/h12-17,19H,4-11H2,1-3H3. The van der Waals surface area contributed by atoms with Crippen molar-refractivity contribution in [1.29, 1.82) is 0 Å². The third-order valence-electron chi connectivity index (χ3n) is 5.47. The maximum Gasteiger partial charge on any atom is 0.0791 e. The Labute approximate surface area is 118 Å². The molecule has 2 aliphatic rings. The number of hydrogen-bond donors (Lipinski definition) is 2. The van der Waals surface area contributed by atoms with Crippen LogP contribution in [0.1, 0.15) is 46.5 Å². The molecule has 0 saturated heterocycles. The molecule has 3 nitrogen and oxygen atoms in total. The molecule has 5 unspecified atom stereocenters. The van der Waals surface area contributed by atoms with E-state index in [1.807, 2.05) is 0 Å². The normalized spacial score (nSPS) is 33.0. The van der Waals surface area contributed by atoms with E-state index >= 15 is 0 Å².